The fraction of sp³-hybridized carbons (Fsp3) is 0.520. The number of amides is 1. The summed E-state index contributed by atoms with van der Waals surface area (Å²) in [5.41, 5.74) is 11.0. The SMILES string of the molecule is CC1(C)Cc2sc(N)c(C#N)c2CN1CC1CCCCC1.CC1(C)Cc2sc(NC(=O)Cc3ccc(S(N)(=O)=O)cc3)c(C#N)c2CN1CC1CCCCC1.NS(=O)(=O)c1ccc(CC(=O)O)cc1. The molecule has 2 saturated carbocycles. The van der Waals surface area contributed by atoms with Crippen molar-refractivity contribution in [2.45, 2.75) is 152 Å². The number of primary sulfonamides is 2. The minimum absolute atomic E-state index is 0.00831. The van der Waals surface area contributed by atoms with E-state index in [0.717, 1.165) is 55.4 Å². The molecule has 2 aromatic carbocycles. The van der Waals surface area contributed by atoms with Gasteiger partial charge in [-0.1, -0.05) is 62.8 Å². The first-order valence-electron chi connectivity index (χ1n) is 23.6. The summed E-state index contributed by atoms with van der Waals surface area (Å²) in [6.45, 7) is 13.1. The highest BCUT2D eigenvalue weighted by Gasteiger charge is 2.39. The molecule has 0 unspecified atom stereocenters. The maximum Gasteiger partial charge on any atom is 0.307 e. The van der Waals surface area contributed by atoms with E-state index in [-0.39, 0.29) is 39.6 Å². The molecule has 2 aliphatic carbocycles. The number of anilines is 2. The van der Waals surface area contributed by atoms with Gasteiger partial charge in [-0.05, 0) is 101 Å². The molecule has 0 saturated heterocycles. The third kappa shape index (κ3) is 14.2. The van der Waals surface area contributed by atoms with Crippen molar-refractivity contribution in [3.63, 3.8) is 0 Å². The van der Waals surface area contributed by atoms with Gasteiger partial charge in [0.05, 0.1) is 33.8 Å². The molecule has 4 aliphatic rings. The Morgan fingerprint density at radius 1 is 0.681 bits per heavy atom. The standard InChI is InChI=1S/C25H32N4O3S2.C17H25N3S.C8H9NO4S/c1-25(2)13-22-21(16-29(25)15-18-6-4-3-5-7-18)20(14-26)24(33-22)28-23(30)12-17-8-10-19(11-9-17)34(27,31)32;1-17(2)8-15-14(13(9-18)16(19)21-15)11-20(17)10-12-6-4-3-5-7-12;9-14(12,13)7-3-1-6(2-4-7)5-8(10)11/h8-11,18H,3-7,12-13,15-16H2,1-2H3,(H,28,30)(H2,27,31,32);12H,3-8,10-11,19H2,1-2H3;1-4H,5H2,(H,10,11)(H2,9,12,13). The maximum absolute atomic E-state index is 12.7. The molecule has 2 fully saturated rings. The van der Waals surface area contributed by atoms with Gasteiger partial charge in [-0.2, -0.15) is 10.5 Å². The van der Waals surface area contributed by atoms with Crippen LogP contribution in [0.1, 0.15) is 135 Å². The molecule has 372 valence electrons. The highest BCUT2D eigenvalue weighted by Crippen LogP contribution is 2.43. The lowest BCUT2D eigenvalue weighted by Gasteiger charge is -2.44. The number of carbonyl (C=O) groups excluding carboxylic acids is 1. The normalized spacial score (nSPS) is 18.4. The number of hydrogen-bond acceptors (Lipinski definition) is 13. The number of nitriles is 2. The first-order valence-corrected chi connectivity index (χ1v) is 28.3. The van der Waals surface area contributed by atoms with Crippen LogP contribution in [0.25, 0.3) is 0 Å². The van der Waals surface area contributed by atoms with E-state index in [9.17, 15) is 36.9 Å². The van der Waals surface area contributed by atoms with Gasteiger partial charge in [0, 0.05) is 71.0 Å². The van der Waals surface area contributed by atoms with Crippen molar-refractivity contribution >= 4 is 64.6 Å². The summed E-state index contributed by atoms with van der Waals surface area (Å²) in [6.07, 6.45) is 15.3. The predicted molar refractivity (Wildman–Crippen MR) is 271 cm³/mol. The Labute approximate surface area is 415 Å². The van der Waals surface area contributed by atoms with E-state index in [1.807, 2.05) is 0 Å². The summed E-state index contributed by atoms with van der Waals surface area (Å²) < 4.78 is 44.5. The second-order valence-corrected chi connectivity index (χ2v) is 25.5. The summed E-state index contributed by atoms with van der Waals surface area (Å²) in [5, 5.41) is 42.0. The molecule has 8 N–H and O–H groups in total. The van der Waals surface area contributed by atoms with E-state index in [2.05, 4.69) is 54.9 Å². The number of sulfonamides is 2. The lowest BCUT2D eigenvalue weighted by Crippen LogP contribution is -2.50. The Balaban J connectivity index is 0.000000189. The molecule has 4 aromatic rings. The van der Waals surface area contributed by atoms with Crippen molar-refractivity contribution in [1.29, 1.82) is 10.5 Å². The molecular weight excluding hydrogens is 953 g/mol. The smallest absolute Gasteiger partial charge is 0.307 e. The molecule has 0 spiro atoms. The number of carbonyl (C=O) groups is 2. The van der Waals surface area contributed by atoms with Gasteiger partial charge in [0.15, 0.2) is 0 Å². The third-order valence-corrected chi connectivity index (χ3v) is 18.0. The number of fused-ring (bicyclic) bond motifs is 2. The lowest BCUT2D eigenvalue weighted by molar-refractivity contribution is -0.136. The number of nitrogens with zero attached hydrogens (tertiary/aromatic N) is 4. The number of carboxylic acid groups (broad SMARTS) is 1. The molecule has 0 radical (unpaired) electrons. The summed E-state index contributed by atoms with van der Waals surface area (Å²) in [6, 6.07) is 16.0. The van der Waals surface area contributed by atoms with E-state index < -0.39 is 26.0 Å². The molecule has 2 aromatic heterocycles. The van der Waals surface area contributed by atoms with Crippen molar-refractivity contribution in [2.75, 3.05) is 24.1 Å². The van der Waals surface area contributed by atoms with Crippen LogP contribution in [0.5, 0.6) is 0 Å². The van der Waals surface area contributed by atoms with Crippen molar-refractivity contribution in [3.05, 3.63) is 91.7 Å². The summed E-state index contributed by atoms with van der Waals surface area (Å²) in [7, 11) is -7.47. The summed E-state index contributed by atoms with van der Waals surface area (Å²) in [5.74, 6) is 0.352. The largest absolute Gasteiger partial charge is 0.481 e. The second-order valence-electron chi connectivity index (χ2n) is 20.1. The molecule has 2 aliphatic heterocycles. The minimum atomic E-state index is -3.77. The van der Waals surface area contributed by atoms with Crippen LogP contribution in [0.4, 0.5) is 10.0 Å². The van der Waals surface area contributed by atoms with Gasteiger partial charge in [-0.3, -0.25) is 19.4 Å². The van der Waals surface area contributed by atoms with E-state index in [0.29, 0.717) is 26.7 Å². The quantitative estimate of drug-likeness (QED) is 0.0955. The van der Waals surface area contributed by atoms with Crippen molar-refractivity contribution < 1.29 is 31.5 Å². The van der Waals surface area contributed by atoms with E-state index in [1.165, 1.54) is 134 Å². The van der Waals surface area contributed by atoms with Crippen LogP contribution in [0.15, 0.2) is 58.3 Å². The maximum atomic E-state index is 12.7. The zero-order chi connectivity index (χ0) is 50.3. The number of nitrogen functional groups attached to an aromatic ring is 1. The number of rotatable bonds is 11. The fourth-order valence-corrected chi connectivity index (χ4v) is 13.6. The van der Waals surface area contributed by atoms with Gasteiger partial charge < -0.3 is 16.2 Å². The van der Waals surface area contributed by atoms with Crippen LogP contribution in [-0.2, 0) is 68.4 Å². The van der Waals surface area contributed by atoms with Crippen LogP contribution < -0.4 is 21.3 Å². The van der Waals surface area contributed by atoms with Crippen molar-refractivity contribution in [2.24, 2.45) is 22.1 Å². The molecule has 0 atom stereocenters. The minimum Gasteiger partial charge on any atom is -0.481 e. The molecular formula is C50H66N8O7S4. The first-order chi connectivity index (χ1) is 32.5. The number of carboxylic acids is 1. The van der Waals surface area contributed by atoms with Crippen LogP contribution in [-0.4, -0.2) is 67.8 Å². The topological polar surface area (TPSA) is 267 Å². The van der Waals surface area contributed by atoms with E-state index >= 15 is 0 Å². The molecule has 15 nitrogen and oxygen atoms in total. The van der Waals surface area contributed by atoms with Crippen LogP contribution in [0.2, 0.25) is 0 Å². The molecule has 8 rings (SSSR count). The highest BCUT2D eigenvalue weighted by molar-refractivity contribution is 7.89. The average molecular weight is 1020 g/mol. The second kappa shape index (κ2) is 22.6. The number of thiophene rings is 2. The van der Waals surface area contributed by atoms with E-state index in [1.54, 1.807) is 23.5 Å². The van der Waals surface area contributed by atoms with Gasteiger partial charge in [0.25, 0.3) is 0 Å². The molecule has 69 heavy (non-hydrogen) atoms. The summed E-state index contributed by atoms with van der Waals surface area (Å²) in [4.78, 5) is 30.7. The van der Waals surface area contributed by atoms with Crippen LogP contribution >= 0.6 is 22.7 Å². The molecule has 4 heterocycles. The molecule has 1 amide bonds. The predicted octanol–water partition coefficient (Wildman–Crippen LogP) is 8.05. The Morgan fingerprint density at radius 2 is 1.09 bits per heavy atom. The Bertz CT molecular complexity index is 2780. The number of aliphatic carboxylic acids is 1. The molecule has 19 heteroatoms. The van der Waals surface area contributed by atoms with Crippen LogP contribution in [0.3, 0.4) is 0 Å². The van der Waals surface area contributed by atoms with Crippen molar-refractivity contribution in [1.82, 2.24) is 9.80 Å². The fourth-order valence-electron chi connectivity index (χ4n) is 9.92. The zero-order valence-electron chi connectivity index (χ0n) is 40.1. The number of nitrogens with two attached hydrogens (primary N) is 3. The summed E-state index contributed by atoms with van der Waals surface area (Å²) >= 11 is 3.13. The Hall–Kier alpha value is -4.70. The first kappa shape index (κ1) is 53.6. The van der Waals surface area contributed by atoms with Gasteiger partial charge in [0.2, 0.25) is 26.0 Å². The third-order valence-electron chi connectivity index (χ3n) is 13.9. The number of benzene rings is 2. The van der Waals surface area contributed by atoms with Crippen LogP contribution in [0, 0.1) is 34.5 Å². The Morgan fingerprint density at radius 3 is 1.49 bits per heavy atom. The Kier molecular flexibility index (Phi) is 17.6. The zero-order valence-corrected chi connectivity index (χ0v) is 43.3. The van der Waals surface area contributed by atoms with Gasteiger partial charge in [-0.15, -0.1) is 22.7 Å². The average Bonchev–Trinajstić information content (AvgIpc) is 3.76. The number of hydrogen-bond donors (Lipinski definition) is 5. The lowest BCUT2D eigenvalue weighted by atomic mass is 9.84. The van der Waals surface area contributed by atoms with Gasteiger partial charge >= 0.3 is 5.97 Å². The van der Waals surface area contributed by atoms with E-state index in [4.69, 9.17) is 21.1 Å². The van der Waals surface area contributed by atoms with Crippen molar-refractivity contribution in [3.8, 4) is 12.1 Å². The van der Waals surface area contributed by atoms with Gasteiger partial charge in [-0.25, -0.2) is 27.1 Å². The number of nitrogens with one attached hydrogen (secondary N) is 1. The van der Waals surface area contributed by atoms with Gasteiger partial charge in [0.1, 0.15) is 22.1 Å². The monoisotopic (exact) mass is 1020 g/mol. The highest BCUT2D eigenvalue weighted by atomic mass is 32.2. The molecule has 0 bridgehead atoms.